The molecule has 3 rings (SSSR count). The number of aryl methyl sites for hydroxylation is 1. The fraction of sp³-hybridized carbons (Fsp3) is 0.235. The van der Waals surface area contributed by atoms with Gasteiger partial charge >= 0.3 is 6.18 Å². The van der Waals surface area contributed by atoms with Crippen LogP contribution < -0.4 is 5.32 Å². The predicted octanol–water partition coefficient (Wildman–Crippen LogP) is 4.13. The normalized spacial score (nSPS) is 13.0. The average molecular weight is 383 g/mol. The van der Waals surface area contributed by atoms with E-state index in [9.17, 15) is 18.0 Å². The van der Waals surface area contributed by atoms with Crippen LogP contribution in [-0.2, 0) is 13.2 Å². The van der Waals surface area contributed by atoms with Crippen LogP contribution in [0.4, 0.5) is 13.2 Å². The Kier molecular flexibility index (Phi) is 4.62. The topological polar surface area (TPSA) is 59.8 Å². The molecule has 0 aliphatic carbocycles. The van der Waals surface area contributed by atoms with Gasteiger partial charge in [-0.15, -0.1) is 0 Å². The number of pyridine rings is 1. The second-order valence-electron chi connectivity index (χ2n) is 5.78. The fourth-order valence-corrected chi connectivity index (χ4v) is 2.83. The van der Waals surface area contributed by atoms with Crippen molar-refractivity contribution >= 4 is 28.4 Å². The molecule has 0 bridgehead atoms. The Morgan fingerprint density at radius 2 is 2.00 bits per heavy atom. The molecule has 9 heteroatoms. The number of hydrogen-bond donors (Lipinski definition) is 1. The van der Waals surface area contributed by atoms with Crippen LogP contribution in [0.1, 0.15) is 34.6 Å². The molecule has 0 aliphatic heterocycles. The van der Waals surface area contributed by atoms with Gasteiger partial charge < -0.3 is 5.32 Å². The van der Waals surface area contributed by atoms with E-state index in [1.165, 1.54) is 23.0 Å². The maximum atomic E-state index is 12.9. The Hall–Kier alpha value is -2.61. The lowest BCUT2D eigenvalue weighted by molar-refractivity contribution is -0.140. The van der Waals surface area contributed by atoms with Gasteiger partial charge in [0.15, 0.2) is 0 Å². The molecule has 0 spiro atoms. The largest absolute Gasteiger partial charge is 0.433 e. The number of aromatic nitrogens is 3. The maximum absolute atomic E-state index is 12.9. The molecule has 1 atom stereocenters. The van der Waals surface area contributed by atoms with E-state index in [0.29, 0.717) is 16.1 Å². The van der Waals surface area contributed by atoms with Crippen molar-refractivity contribution in [2.24, 2.45) is 7.05 Å². The first kappa shape index (κ1) is 18.2. The van der Waals surface area contributed by atoms with Crippen LogP contribution in [0.5, 0.6) is 0 Å². The van der Waals surface area contributed by atoms with E-state index in [1.807, 2.05) is 0 Å². The van der Waals surface area contributed by atoms with E-state index in [0.717, 1.165) is 6.07 Å². The molecular formula is C17H14ClF3N4O. The van der Waals surface area contributed by atoms with Gasteiger partial charge in [-0.3, -0.25) is 9.48 Å². The minimum atomic E-state index is -4.59. The lowest BCUT2D eigenvalue weighted by atomic mass is 10.1. The Morgan fingerprint density at radius 1 is 1.27 bits per heavy atom. The third-order valence-electron chi connectivity index (χ3n) is 3.96. The number of nitrogens with zero attached hydrogens (tertiary/aromatic N) is 3. The SMILES string of the molecule is CC(NC(=O)c1cccc2ccc(C(F)(F)F)nc12)c1cnn(C)c1Cl. The van der Waals surface area contributed by atoms with Crippen LogP contribution >= 0.6 is 11.6 Å². The van der Waals surface area contributed by atoms with Crippen molar-refractivity contribution in [3.8, 4) is 0 Å². The van der Waals surface area contributed by atoms with Crippen LogP contribution in [0.25, 0.3) is 10.9 Å². The molecule has 3 aromatic rings. The van der Waals surface area contributed by atoms with Crippen LogP contribution in [-0.4, -0.2) is 20.7 Å². The van der Waals surface area contributed by atoms with Gasteiger partial charge in [-0.05, 0) is 19.1 Å². The summed E-state index contributed by atoms with van der Waals surface area (Å²) in [6.45, 7) is 1.71. The van der Waals surface area contributed by atoms with E-state index >= 15 is 0 Å². The molecular weight excluding hydrogens is 369 g/mol. The molecule has 2 heterocycles. The molecule has 136 valence electrons. The number of amides is 1. The summed E-state index contributed by atoms with van der Waals surface area (Å²) in [6.07, 6.45) is -3.06. The molecule has 0 saturated carbocycles. The zero-order valence-electron chi connectivity index (χ0n) is 13.8. The molecule has 0 radical (unpaired) electrons. The van der Waals surface area contributed by atoms with Crippen molar-refractivity contribution in [1.29, 1.82) is 0 Å². The predicted molar refractivity (Wildman–Crippen MR) is 90.8 cm³/mol. The maximum Gasteiger partial charge on any atom is 0.433 e. The highest BCUT2D eigenvalue weighted by Crippen LogP contribution is 2.30. The highest BCUT2D eigenvalue weighted by atomic mass is 35.5. The number of alkyl halides is 3. The summed E-state index contributed by atoms with van der Waals surface area (Å²) < 4.78 is 40.3. The van der Waals surface area contributed by atoms with E-state index < -0.39 is 23.8 Å². The first-order valence-electron chi connectivity index (χ1n) is 7.63. The van der Waals surface area contributed by atoms with Gasteiger partial charge in [0.1, 0.15) is 10.8 Å². The van der Waals surface area contributed by atoms with Gasteiger partial charge in [-0.25, -0.2) is 4.98 Å². The Balaban J connectivity index is 1.96. The molecule has 0 saturated heterocycles. The summed E-state index contributed by atoms with van der Waals surface area (Å²) in [5.74, 6) is -0.546. The monoisotopic (exact) mass is 382 g/mol. The van der Waals surface area contributed by atoms with Gasteiger partial charge in [-0.2, -0.15) is 18.3 Å². The Bertz CT molecular complexity index is 984. The minimum absolute atomic E-state index is 0.00990. The van der Waals surface area contributed by atoms with Gasteiger partial charge in [0.2, 0.25) is 0 Å². The number of benzene rings is 1. The second-order valence-corrected chi connectivity index (χ2v) is 6.14. The molecule has 26 heavy (non-hydrogen) atoms. The average Bonchev–Trinajstić information content (AvgIpc) is 2.92. The molecule has 1 N–H and O–H groups in total. The van der Waals surface area contributed by atoms with Gasteiger partial charge in [0.05, 0.1) is 23.3 Å². The third-order valence-corrected chi connectivity index (χ3v) is 4.42. The number of hydrogen-bond acceptors (Lipinski definition) is 3. The van der Waals surface area contributed by atoms with Crippen LogP contribution in [0, 0.1) is 0 Å². The van der Waals surface area contributed by atoms with Gasteiger partial charge in [-0.1, -0.05) is 29.8 Å². The van der Waals surface area contributed by atoms with E-state index in [4.69, 9.17) is 11.6 Å². The number of carbonyl (C=O) groups is 1. The zero-order chi connectivity index (χ0) is 19.1. The first-order chi connectivity index (χ1) is 12.2. The van der Waals surface area contributed by atoms with Crippen molar-refractivity contribution in [2.75, 3.05) is 0 Å². The number of carbonyl (C=O) groups excluding carboxylic acids is 1. The van der Waals surface area contributed by atoms with Gasteiger partial charge in [0.25, 0.3) is 5.91 Å². The highest BCUT2D eigenvalue weighted by molar-refractivity contribution is 6.30. The number of para-hydroxylation sites is 1. The molecule has 1 amide bonds. The molecule has 2 aromatic heterocycles. The molecule has 1 unspecified atom stereocenters. The van der Waals surface area contributed by atoms with Crippen LogP contribution in [0.2, 0.25) is 5.15 Å². The van der Waals surface area contributed by atoms with Crippen molar-refractivity contribution in [3.63, 3.8) is 0 Å². The smallest absolute Gasteiger partial charge is 0.345 e. The molecule has 1 aromatic carbocycles. The third kappa shape index (κ3) is 3.37. The van der Waals surface area contributed by atoms with E-state index in [1.54, 1.807) is 26.1 Å². The molecule has 0 fully saturated rings. The first-order valence-corrected chi connectivity index (χ1v) is 8.01. The number of fused-ring (bicyclic) bond motifs is 1. The van der Waals surface area contributed by atoms with Crippen molar-refractivity contribution < 1.29 is 18.0 Å². The van der Waals surface area contributed by atoms with Crippen LogP contribution in [0.3, 0.4) is 0 Å². The summed E-state index contributed by atoms with van der Waals surface area (Å²) in [7, 11) is 1.66. The minimum Gasteiger partial charge on any atom is -0.345 e. The van der Waals surface area contributed by atoms with Crippen molar-refractivity contribution in [2.45, 2.75) is 19.1 Å². The van der Waals surface area contributed by atoms with Gasteiger partial charge in [0, 0.05) is 18.0 Å². The lowest BCUT2D eigenvalue weighted by Gasteiger charge is -2.14. The van der Waals surface area contributed by atoms with E-state index in [2.05, 4.69) is 15.4 Å². The lowest BCUT2D eigenvalue weighted by Crippen LogP contribution is -2.27. The Morgan fingerprint density at radius 3 is 2.62 bits per heavy atom. The quantitative estimate of drug-likeness (QED) is 0.741. The standard InChI is InChI=1S/C17H14ClF3N4O/c1-9(12-8-22-25(2)15(12)18)23-16(26)11-5-3-4-10-6-7-13(17(19,20)21)24-14(10)11/h3-9H,1-2H3,(H,23,26). The molecule has 0 aliphatic rings. The van der Waals surface area contributed by atoms with Crippen molar-refractivity contribution in [3.05, 3.63) is 58.5 Å². The second kappa shape index (κ2) is 6.60. The summed E-state index contributed by atoms with van der Waals surface area (Å²) in [5.41, 5.74) is -0.398. The summed E-state index contributed by atoms with van der Waals surface area (Å²) >= 11 is 6.11. The summed E-state index contributed by atoms with van der Waals surface area (Å²) in [4.78, 5) is 16.3. The van der Waals surface area contributed by atoms with Crippen LogP contribution in [0.15, 0.2) is 36.5 Å². The number of halogens is 4. The van der Waals surface area contributed by atoms with E-state index in [-0.39, 0.29) is 11.1 Å². The number of rotatable bonds is 3. The van der Waals surface area contributed by atoms with Crippen molar-refractivity contribution in [1.82, 2.24) is 20.1 Å². The zero-order valence-corrected chi connectivity index (χ0v) is 14.6. The Labute approximate surface area is 151 Å². The summed E-state index contributed by atoms with van der Waals surface area (Å²) in [5, 5.41) is 7.53. The number of nitrogens with one attached hydrogen (secondary N) is 1. The molecule has 5 nitrogen and oxygen atoms in total. The highest BCUT2D eigenvalue weighted by Gasteiger charge is 2.33. The fourth-order valence-electron chi connectivity index (χ4n) is 2.57. The summed E-state index contributed by atoms with van der Waals surface area (Å²) in [6, 6.07) is 6.33.